The quantitative estimate of drug-likeness (QED) is 0.673. The Balaban J connectivity index is 2.02. The lowest BCUT2D eigenvalue weighted by Gasteiger charge is -2.33. The highest BCUT2D eigenvalue weighted by molar-refractivity contribution is 7.89. The van der Waals surface area contributed by atoms with Gasteiger partial charge in [-0.15, -0.1) is 0 Å². The molecule has 0 spiro atoms. The number of nitrogens with zero attached hydrogens (tertiary/aromatic N) is 2. The molecule has 8 heteroatoms. The Kier molecular flexibility index (Phi) is 6.73. The Morgan fingerprint density at radius 1 is 1.12 bits per heavy atom. The van der Waals surface area contributed by atoms with E-state index < -0.39 is 16.0 Å². The highest BCUT2D eigenvalue weighted by Crippen LogP contribution is 2.18. The second-order valence-electron chi connectivity index (χ2n) is 5.48. The van der Waals surface area contributed by atoms with Crippen LogP contribution in [0.5, 0.6) is 0 Å². The average molecular weight is 356 g/mol. The summed E-state index contributed by atoms with van der Waals surface area (Å²) in [7, 11) is -1.88. The summed E-state index contributed by atoms with van der Waals surface area (Å²) in [5.74, 6) is -0.451. The summed E-state index contributed by atoms with van der Waals surface area (Å²) in [4.78, 5) is 14.0. The molecule has 0 aromatic heterocycles. The average Bonchev–Trinajstić information content (AvgIpc) is 2.60. The molecule has 0 saturated carbocycles. The third-order valence-electron chi connectivity index (χ3n) is 3.95. The van der Waals surface area contributed by atoms with Gasteiger partial charge in [-0.3, -0.25) is 4.90 Å². The minimum atomic E-state index is -3.54. The molecular weight excluding hydrogens is 332 g/mol. The molecule has 0 aliphatic carbocycles. The number of esters is 1. The van der Waals surface area contributed by atoms with Crippen molar-refractivity contribution in [3.8, 4) is 0 Å². The zero-order valence-electron chi connectivity index (χ0n) is 14.1. The van der Waals surface area contributed by atoms with E-state index in [9.17, 15) is 13.2 Å². The van der Waals surface area contributed by atoms with Gasteiger partial charge in [0.05, 0.1) is 23.7 Å². The van der Waals surface area contributed by atoms with Crippen molar-refractivity contribution in [1.29, 1.82) is 0 Å². The number of ether oxygens (including phenoxy) is 2. The van der Waals surface area contributed by atoms with Gasteiger partial charge in [-0.1, -0.05) is 0 Å². The molecule has 0 radical (unpaired) electrons. The SMILES string of the molecule is CCOC(=O)c1ccc(S(=O)(=O)N2CCN(CCOC)CC2)cc1. The molecule has 0 amide bonds. The predicted molar refractivity (Wildman–Crippen MR) is 89.5 cm³/mol. The lowest BCUT2D eigenvalue weighted by molar-refractivity contribution is 0.0526. The molecule has 0 bridgehead atoms. The van der Waals surface area contributed by atoms with E-state index in [0.717, 1.165) is 6.54 Å². The molecular formula is C16H24N2O5S. The molecule has 1 heterocycles. The summed E-state index contributed by atoms with van der Waals surface area (Å²) in [6.45, 7) is 5.72. The van der Waals surface area contributed by atoms with Gasteiger partial charge < -0.3 is 9.47 Å². The Labute approximate surface area is 143 Å². The molecule has 1 aliphatic heterocycles. The van der Waals surface area contributed by atoms with Gasteiger partial charge in [-0.05, 0) is 31.2 Å². The van der Waals surface area contributed by atoms with E-state index >= 15 is 0 Å². The molecule has 2 rings (SSSR count). The predicted octanol–water partition coefficient (Wildman–Crippen LogP) is 0.816. The first kappa shape index (κ1) is 18.9. The number of rotatable bonds is 7. The van der Waals surface area contributed by atoms with Crippen molar-refractivity contribution in [1.82, 2.24) is 9.21 Å². The van der Waals surface area contributed by atoms with Gasteiger partial charge in [0, 0.05) is 39.8 Å². The van der Waals surface area contributed by atoms with Crippen LogP contribution < -0.4 is 0 Å². The Morgan fingerprint density at radius 3 is 2.29 bits per heavy atom. The van der Waals surface area contributed by atoms with Crippen LogP contribution in [0.3, 0.4) is 0 Å². The molecule has 1 aromatic rings. The summed E-state index contributed by atoms with van der Waals surface area (Å²) in [6, 6.07) is 5.89. The summed E-state index contributed by atoms with van der Waals surface area (Å²) in [5, 5.41) is 0. The molecule has 7 nitrogen and oxygen atoms in total. The third-order valence-corrected chi connectivity index (χ3v) is 5.86. The number of hydrogen-bond donors (Lipinski definition) is 0. The van der Waals surface area contributed by atoms with Gasteiger partial charge in [0.2, 0.25) is 10.0 Å². The number of benzene rings is 1. The van der Waals surface area contributed by atoms with Gasteiger partial charge in [-0.2, -0.15) is 4.31 Å². The van der Waals surface area contributed by atoms with Crippen molar-refractivity contribution in [2.45, 2.75) is 11.8 Å². The second kappa shape index (κ2) is 8.57. The Bertz CT molecular complexity index is 637. The van der Waals surface area contributed by atoms with Crippen LogP contribution in [0.4, 0.5) is 0 Å². The third kappa shape index (κ3) is 4.54. The van der Waals surface area contributed by atoms with Crippen molar-refractivity contribution >= 4 is 16.0 Å². The fourth-order valence-corrected chi connectivity index (χ4v) is 3.96. The van der Waals surface area contributed by atoms with E-state index in [1.54, 1.807) is 14.0 Å². The van der Waals surface area contributed by atoms with Gasteiger partial charge in [0.1, 0.15) is 0 Å². The highest BCUT2D eigenvalue weighted by atomic mass is 32.2. The van der Waals surface area contributed by atoms with Crippen LogP contribution in [0.15, 0.2) is 29.2 Å². The van der Waals surface area contributed by atoms with E-state index in [4.69, 9.17) is 9.47 Å². The van der Waals surface area contributed by atoms with Gasteiger partial charge in [-0.25, -0.2) is 13.2 Å². The molecule has 1 fully saturated rings. The van der Waals surface area contributed by atoms with Crippen LogP contribution in [-0.2, 0) is 19.5 Å². The van der Waals surface area contributed by atoms with Crippen LogP contribution in [0, 0.1) is 0 Å². The van der Waals surface area contributed by atoms with Gasteiger partial charge in [0.15, 0.2) is 0 Å². The monoisotopic (exact) mass is 356 g/mol. The lowest BCUT2D eigenvalue weighted by atomic mass is 10.2. The Hall–Kier alpha value is -1.48. The second-order valence-corrected chi connectivity index (χ2v) is 7.42. The zero-order valence-corrected chi connectivity index (χ0v) is 14.9. The minimum absolute atomic E-state index is 0.195. The van der Waals surface area contributed by atoms with Crippen molar-refractivity contribution in [2.24, 2.45) is 0 Å². The summed E-state index contributed by atoms with van der Waals surface area (Å²) < 4.78 is 36.8. The molecule has 0 atom stereocenters. The van der Waals surface area contributed by atoms with Gasteiger partial charge in [0.25, 0.3) is 0 Å². The van der Waals surface area contributed by atoms with E-state index in [1.165, 1.54) is 28.6 Å². The van der Waals surface area contributed by atoms with E-state index in [1.807, 2.05) is 0 Å². The maximum Gasteiger partial charge on any atom is 0.338 e. The molecule has 24 heavy (non-hydrogen) atoms. The largest absolute Gasteiger partial charge is 0.462 e. The molecule has 0 N–H and O–H groups in total. The number of methoxy groups -OCH3 is 1. The number of carbonyl (C=O) groups excluding carboxylic acids is 1. The Morgan fingerprint density at radius 2 is 1.75 bits per heavy atom. The number of carbonyl (C=O) groups is 1. The zero-order chi connectivity index (χ0) is 17.6. The number of piperazine rings is 1. The summed E-state index contributed by atoms with van der Waals surface area (Å²) in [5.41, 5.74) is 0.347. The number of hydrogen-bond acceptors (Lipinski definition) is 6. The van der Waals surface area contributed by atoms with Gasteiger partial charge >= 0.3 is 5.97 Å². The van der Waals surface area contributed by atoms with Crippen LogP contribution in [-0.4, -0.2) is 76.6 Å². The van der Waals surface area contributed by atoms with Crippen molar-refractivity contribution in [3.05, 3.63) is 29.8 Å². The normalized spacial score (nSPS) is 16.9. The fourth-order valence-electron chi connectivity index (χ4n) is 2.54. The molecule has 1 aliphatic rings. The first-order chi connectivity index (χ1) is 11.5. The maximum atomic E-state index is 12.7. The molecule has 0 unspecified atom stereocenters. The summed E-state index contributed by atoms with van der Waals surface area (Å²) in [6.07, 6.45) is 0. The minimum Gasteiger partial charge on any atom is -0.462 e. The first-order valence-corrected chi connectivity index (χ1v) is 9.41. The van der Waals surface area contributed by atoms with E-state index in [-0.39, 0.29) is 11.5 Å². The van der Waals surface area contributed by atoms with Crippen LogP contribution in [0.1, 0.15) is 17.3 Å². The topological polar surface area (TPSA) is 76.2 Å². The smallest absolute Gasteiger partial charge is 0.338 e. The van der Waals surface area contributed by atoms with E-state index in [0.29, 0.717) is 38.3 Å². The standard InChI is InChI=1S/C16H24N2O5S/c1-3-23-16(19)14-4-6-15(7-5-14)24(20,21)18-10-8-17(9-11-18)12-13-22-2/h4-7H,3,8-13H2,1-2H3. The van der Waals surface area contributed by atoms with Crippen LogP contribution in [0.25, 0.3) is 0 Å². The summed E-state index contributed by atoms with van der Waals surface area (Å²) >= 11 is 0. The maximum absolute atomic E-state index is 12.7. The highest BCUT2D eigenvalue weighted by Gasteiger charge is 2.28. The van der Waals surface area contributed by atoms with Crippen molar-refractivity contribution in [2.75, 3.05) is 53.0 Å². The first-order valence-electron chi connectivity index (χ1n) is 7.97. The molecule has 134 valence electrons. The van der Waals surface area contributed by atoms with Crippen LogP contribution in [0.2, 0.25) is 0 Å². The molecule has 1 aromatic carbocycles. The van der Waals surface area contributed by atoms with Crippen LogP contribution >= 0.6 is 0 Å². The van der Waals surface area contributed by atoms with E-state index in [2.05, 4.69) is 4.90 Å². The lowest BCUT2D eigenvalue weighted by Crippen LogP contribution is -2.49. The van der Waals surface area contributed by atoms with Crippen molar-refractivity contribution in [3.63, 3.8) is 0 Å². The van der Waals surface area contributed by atoms with Crippen molar-refractivity contribution < 1.29 is 22.7 Å². The molecule has 1 saturated heterocycles. The number of sulfonamides is 1. The fraction of sp³-hybridized carbons (Fsp3) is 0.562.